The maximum Gasteiger partial charge on any atom is 0.254 e. The Morgan fingerprint density at radius 2 is 1.57 bits per heavy atom. The van der Waals surface area contributed by atoms with Crippen LogP contribution >= 0.6 is 0 Å². The van der Waals surface area contributed by atoms with Crippen molar-refractivity contribution in [2.75, 3.05) is 32.8 Å². The van der Waals surface area contributed by atoms with Gasteiger partial charge in [0.25, 0.3) is 11.8 Å². The van der Waals surface area contributed by atoms with Crippen LogP contribution in [0.25, 0.3) is 5.76 Å². The van der Waals surface area contributed by atoms with Crippen LogP contribution in [0.4, 0.5) is 0 Å². The molecule has 4 aliphatic rings. The van der Waals surface area contributed by atoms with Gasteiger partial charge in [-0.1, -0.05) is 12.1 Å². The average molecular weight is 408 g/mol. The van der Waals surface area contributed by atoms with Gasteiger partial charge in [0.05, 0.1) is 0 Å². The maximum atomic E-state index is 12.9. The Bertz CT molecular complexity index is 964. The second kappa shape index (κ2) is 7.32. The standard InChI is InChI=1S/C23H24N2O5/c26-21(24-11-13-25(14-12-24)22(27)23(28)9-1-10-23)17-4-2-16(3-5-17)18-6-7-19-20(30-18)8-15-29-19/h2-8,28H,1,9-15H2. The number of benzene rings is 1. The summed E-state index contributed by atoms with van der Waals surface area (Å²) < 4.78 is 11.3. The minimum Gasteiger partial charge on any atom is -0.485 e. The lowest BCUT2D eigenvalue weighted by Crippen LogP contribution is -2.58. The first-order valence-electron chi connectivity index (χ1n) is 10.4. The highest BCUT2D eigenvalue weighted by atomic mass is 16.5. The van der Waals surface area contributed by atoms with Crippen LogP contribution < -0.4 is 0 Å². The quantitative estimate of drug-likeness (QED) is 0.828. The lowest BCUT2D eigenvalue weighted by atomic mass is 9.79. The predicted molar refractivity (Wildman–Crippen MR) is 109 cm³/mol. The second-order valence-corrected chi connectivity index (χ2v) is 8.09. The number of rotatable bonds is 3. The number of piperazine rings is 1. The summed E-state index contributed by atoms with van der Waals surface area (Å²) in [6.07, 6.45) is 7.61. The summed E-state index contributed by atoms with van der Waals surface area (Å²) in [5, 5.41) is 10.3. The first-order chi connectivity index (χ1) is 14.5. The third-order valence-corrected chi connectivity index (χ3v) is 6.21. The van der Waals surface area contributed by atoms with Crippen molar-refractivity contribution < 1.29 is 24.2 Å². The molecule has 1 aromatic carbocycles. The fourth-order valence-electron chi connectivity index (χ4n) is 4.15. The van der Waals surface area contributed by atoms with Gasteiger partial charge in [0.1, 0.15) is 18.0 Å². The minimum atomic E-state index is -1.17. The number of amides is 2. The molecule has 2 amide bonds. The summed E-state index contributed by atoms with van der Waals surface area (Å²) in [6, 6.07) is 7.35. The van der Waals surface area contributed by atoms with Crippen molar-refractivity contribution in [3.63, 3.8) is 0 Å². The summed E-state index contributed by atoms with van der Waals surface area (Å²) >= 11 is 0. The van der Waals surface area contributed by atoms with Crippen LogP contribution in [-0.4, -0.2) is 65.1 Å². The highest BCUT2D eigenvalue weighted by molar-refractivity contribution is 5.95. The number of carbonyl (C=O) groups excluding carboxylic acids is 2. The normalized spacial score (nSPS) is 22.0. The second-order valence-electron chi connectivity index (χ2n) is 8.09. The monoisotopic (exact) mass is 408 g/mol. The number of nitrogens with zero attached hydrogens (tertiary/aromatic N) is 2. The van der Waals surface area contributed by atoms with E-state index in [1.807, 2.05) is 30.4 Å². The first-order valence-corrected chi connectivity index (χ1v) is 10.4. The number of hydrogen-bond donors (Lipinski definition) is 1. The zero-order valence-corrected chi connectivity index (χ0v) is 16.7. The van der Waals surface area contributed by atoms with E-state index in [-0.39, 0.29) is 11.8 Å². The van der Waals surface area contributed by atoms with Crippen molar-refractivity contribution in [2.24, 2.45) is 0 Å². The molecule has 1 aliphatic carbocycles. The lowest BCUT2D eigenvalue weighted by Gasteiger charge is -2.42. The van der Waals surface area contributed by atoms with Crippen molar-refractivity contribution in [3.8, 4) is 0 Å². The van der Waals surface area contributed by atoms with E-state index in [1.54, 1.807) is 21.9 Å². The van der Waals surface area contributed by atoms with Gasteiger partial charge < -0.3 is 24.4 Å². The van der Waals surface area contributed by atoms with Gasteiger partial charge in [0.15, 0.2) is 11.5 Å². The van der Waals surface area contributed by atoms with Gasteiger partial charge in [-0.2, -0.15) is 0 Å². The molecule has 1 saturated heterocycles. The molecule has 30 heavy (non-hydrogen) atoms. The highest BCUT2D eigenvalue weighted by Gasteiger charge is 2.45. The molecule has 3 heterocycles. The summed E-state index contributed by atoms with van der Waals surface area (Å²) in [7, 11) is 0. The van der Waals surface area contributed by atoms with Crippen molar-refractivity contribution in [1.82, 2.24) is 9.80 Å². The molecule has 1 saturated carbocycles. The van der Waals surface area contributed by atoms with Crippen LogP contribution in [0.2, 0.25) is 0 Å². The van der Waals surface area contributed by atoms with Crippen molar-refractivity contribution in [2.45, 2.75) is 24.9 Å². The van der Waals surface area contributed by atoms with E-state index in [0.29, 0.717) is 51.2 Å². The largest absolute Gasteiger partial charge is 0.485 e. The van der Waals surface area contributed by atoms with Gasteiger partial charge in [-0.15, -0.1) is 0 Å². The smallest absolute Gasteiger partial charge is 0.254 e. The number of hydrogen-bond acceptors (Lipinski definition) is 5. The molecule has 2 fully saturated rings. The number of carbonyl (C=O) groups is 2. The molecule has 156 valence electrons. The van der Waals surface area contributed by atoms with Crippen LogP contribution in [0.3, 0.4) is 0 Å². The number of fused-ring (bicyclic) bond motifs is 1. The van der Waals surface area contributed by atoms with Gasteiger partial charge in [-0.05, 0) is 49.6 Å². The molecule has 7 heteroatoms. The molecule has 5 rings (SSSR count). The van der Waals surface area contributed by atoms with Crippen molar-refractivity contribution >= 4 is 17.6 Å². The van der Waals surface area contributed by atoms with E-state index >= 15 is 0 Å². The van der Waals surface area contributed by atoms with Crippen molar-refractivity contribution in [1.29, 1.82) is 0 Å². The predicted octanol–water partition coefficient (Wildman–Crippen LogP) is 2.06. The molecule has 0 atom stereocenters. The number of allylic oxidation sites excluding steroid dienone is 2. The lowest BCUT2D eigenvalue weighted by molar-refractivity contribution is -0.161. The Morgan fingerprint density at radius 1 is 0.900 bits per heavy atom. The summed E-state index contributed by atoms with van der Waals surface area (Å²) in [5.41, 5.74) is 0.320. The summed E-state index contributed by atoms with van der Waals surface area (Å²) in [6.45, 7) is 2.37. The summed E-state index contributed by atoms with van der Waals surface area (Å²) in [4.78, 5) is 28.8. The Balaban J connectivity index is 1.21. The highest BCUT2D eigenvalue weighted by Crippen LogP contribution is 2.34. The van der Waals surface area contributed by atoms with E-state index in [4.69, 9.17) is 9.47 Å². The van der Waals surface area contributed by atoms with E-state index in [9.17, 15) is 14.7 Å². The Hall–Kier alpha value is -3.06. The molecule has 0 bridgehead atoms. The van der Waals surface area contributed by atoms with Gasteiger partial charge >= 0.3 is 0 Å². The first kappa shape index (κ1) is 18.9. The zero-order valence-electron chi connectivity index (χ0n) is 16.7. The number of ether oxygens (including phenoxy) is 2. The molecule has 0 radical (unpaired) electrons. The number of aliphatic hydroxyl groups is 1. The molecule has 7 nitrogen and oxygen atoms in total. The fourth-order valence-corrected chi connectivity index (χ4v) is 4.15. The van der Waals surface area contributed by atoms with Gasteiger partial charge in [0, 0.05) is 37.3 Å². The van der Waals surface area contributed by atoms with E-state index < -0.39 is 5.60 Å². The topological polar surface area (TPSA) is 79.3 Å². The van der Waals surface area contributed by atoms with Crippen LogP contribution in [0.5, 0.6) is 0 Å². The van der Waals surface area contributed by atoms with E-state index in [2.05, 4.69) is 0 Å². The maximum absolute atomic E-state index is 12.9. The molecule has 3 aliphatic heterocycles. The van der Waals surface area contributed by atoms with Gasteiger partial charge in [-0.25, -0.2) is 0 Å². The Labute approximate surface area is 174 Å². The fraction of sp³-hybridized carbons (Fsp3) is 0.391. The average Bonchev–Trinajstić information content (AvgIpc) is 3.24. The van der Waals surface area contributed by atoms with E-state index in [0.717, 1.165) is 29.3 Å². The van der Waals surface area contributed by atoms with Crippen molar-refractivity contribution in [3.05, 3.63) is 65.1 Å². The van der Waals surface area contributed by atoms with Crippen LogP contribution in [0.1, 0.15) is 35.2 Å². The molecular weight excluding hydrogens is 384 g/mol. The van der Waals surface area contributed by atoms with Gasteiger partial charge in [-0.3, -0.25) is 9.59 Å². The summed E-state index contributed by atoms with van der Waals surface area (Å²) in [5.74, 6) is 1.95. The SMILES string of the molecule is O=C(c1ccc(C2=CC=C3OCC=C3O2)cc1)N1CCN(C(=O)C2(O)CCC2)CC1. The third-order valence-electron chi connectivity index (χ3n) is 6.21. The molecule has 1 aromatic rings. The third kappa shape index (κ3) is 3.29. The Kier molecular flexibility index (Phi) is 4.62. The van der Waals surface area contributed by atoms with Crippen LogP contribution in [0, 0.1) is 0 Å². The zero-order chi connectivity index (χ0) is 20.7. The molecule has 0 spiro atoms. The molecule has 0 aromatic heterocycles. The minimum absolute atomic E-state index is 0.0522. The van der Waals surface area contributed by atoms with Gasteiger partial charge in [0.2, 0.25) is 0 Å². The van der Waals surface area contributed by atoms with Crippen LogP contribution in [0.15, 0.2) is 54.0 Å². The molecular formula is C23H24N2O5. The van der Waals surface area contributed by atoms with Crippen LogP contribution in [-0.2, 0) is 14.3 Å². The molecule has 1 N–H and O–H groups in total. The Morgan fingerprint density at radius 3 is 2.23 bits per heavy atom. The molecule has 0 unspecified atom stereocenters. The van der Waals surface area contributed by atoms with E-state index in [1.165, 1.54) is 0 Å².